The number of thiazole rings is 1. The summed E-state index contributed by atoms with van der Waals surface area (Å²) in [6, 6.07) is 7.04. The highest BCUT2D eigenvalue weighted by molar-refractivity contribution is 7.09. The molecule has 1 heterocycles. The molecule has 0 spiro atoms. The molecule has 0 saturated carbocycles. The van der Waals surface area contributed by atoms with E-state index in [0.717, 1.165) is 10.7 Å². The van der Waals surface area contributed by atoms with Gasteiger partial charge in [0.2, 0.25) is 0 Å². The maximum Gasteiger partial charge on any atom is 0.278 e. The number of amides is 1. The number of benzene rings is 1. The largest absolute Gasteiger partial charge is 0.486 e. The number of aromatic nitrogens is 1. The van der Waals surface area contributed by atoms with Crippen LogP contribution in [0.4, 0.5) is 0 Å². The highest BCUT2D eigenvalue weighted by atomic mass is 32.1. The number of hydroxylamine groups is 1. The first kappa shape index (κ1) is 14.5. The number of nitrogens with zero attached hydrogens (tertiary/aromatic N) is 1. The van der Waals surface area contributed by atoms with Crippen molar-refractivity contribution in [3.05, 3.63) is 45.9 Å². The summed E-state index contributed by atoms with van der Waals surface area (Å²) in [7, 11) is 0. The Kier molecular flexibility index (Phi) is 5.09. The second kappa shape index (κ2) is 7.02. The fourth-order valence-corrected chi connectivity index (χ4v) is 2.20. The third-order valence-electron chi connectivity index (χ3n) is 2.48. The Bertz CT molecular complexity index is 583. The molecular formula is C14H16N2O3S. The summed E-state index contributed by atoms with van der Waals surface area (Å²) in [6.07, 6.45) is 0. The molecule has 0 radical (unpaired) electrons. The molecular weight excluding hydrogens is 276 g/mol. The van der Waals surface area contributed by atoms with E-state index >= 15 is 0 Å². The van der Waals surface area contributed by atoms with Crippen LogP contribution in [-0.4, -0.2) is 17.5 Å². The van der Waals surface area contributed by atoms with Gasteiger partial charge in [-0.15, -0.1) is 11.3 Å². The Balaban J connectivity index is 2.05. The molecule has 20 heavy (non-hydrogen) atoms. The van der Waals surface area contributed by atoms with E-state index in [4.69, 9.17) is 9.57 Å². The fourth-order valence-electron chi connectivity index (χ4n) is 1.60. The van der Waals surface area contributed by atoms with Gasteiger partial charge < -0.3 is 4.74 Å². The van der Waals surface area contributed by atoms with Crippen LogP contribution in [0.1, 0.15) is 28.0 Å². The van der Waals surface area contributed by atoms with Crippen molar-refractivity contribution in [2.24, 2.45) is 0 Å². The number of carbonyl (C=O) groups is 1. The highest BCUT2D eigenvalue weighted by Gasteiger charge is 2.12. The predicted molar refractivity (Wildman–Crippen MR) is 76.7 cm³/mol. The SMILES string of the molecule is CCONC(=O)c1ccccc1OCc1csc(C)n1. The van der Waals surface area contributed by atoms with E-state index in [2.05, 4.69) is 10.5 Å². The van der Waals surface area contributed by atoms with Gasteiger partial charge >= 0.3 is 0 Å². The van der Waals surface area contributed by atoms with E-state index in [9.17, 15) is 4.79 Å². The first-order valence-electron chi connectivity index (χ1n) is 6.25. The van der Waals surface area contributed by atoms with Crippen molar-refractivity contribution in [3.8, 4) is 5.75 Å². The number of rotatable bonds is 6. The zero-order valence-corrected chi connectivity index (χ0v) is 12.2. The van der Waals surface area contributed by atoms with Crippen molar-refractivity contribution in [2.75, 3.05) is 6.61 Å². The molecule has 0 aliphatic rings. The summed E-state index contributed by atoms with van der Waals surface area (Å²) in [5.41, 5.74) is 3.65. The molecule has 0 saturated heterocycles. The van der Waals surface area contributed by atoms with Crippen LogP contribution in [0.25, 0.3) is 0 Å². The Morgan fingerprint density at radius 3 is 2.90 bits per heavy atom. The van der Waals surface area contributed by atoms with Gasteiger partial charge in [0.05, 0.1) is 22.9 Å². The van der Waals surface area contributed by atoms with Crippen molar-refractivity contribution in [2.45, 2.75) is 20.5 Å². The molecule has 2 aromatic rings. The molecule has 1 aromatic carbocycles. The van der Waals surface area contributed by atoms with E-state index in [1.165, 1.54) is 0 Å². The Hall–Kier alpha value is -1.92. The fraction of sp³-hybridized carbons (Fsp3) is 0.286. The van der Waals surface area contributed by atoms with Gasteiger partial charge in [0.1, 0.15) is 12.4 Å². The van der Waals surface area contributed by atoms with Gasteiger partial charge in [0, 0.05) is 5.38 Å². The minimum Gasteiger partial charge on any atom is -0.486 e. The van der Waals surface area contributed by atoms with Gasteiger partial charge in [0.25, 0.3) is 5.91 Å². The number of nitrogens with one attached hydrogen (secondary N) is 1. The van der Waals surface area contributed by atoms with Crippen LogP contribution in [0.5, 0.6) is 5.75 Å². The maximum absolute atomic E-state index is 11.9. The van der Waals surface area contributed by atoms with Crippen molar-refractivity contribution >= 4 is 17.2 Å². The third-order valence-corrected chi connectivity index (χ3v) is 3.31. The molecule has 0 aliphatic heterocycles. The molecule has 2 rings (SSSR count). The summed E-state index contributed by atoms with van der Waals surface area (Å²) in [5, 5.41) is 2.93. The lowest BCUT2D eigenvalue weighted by molar-refractivity contribution is 0.0361. The first-order valence-corrected chi connectivity index (χ1v) is 7.13. The number of carbonyl (C=O) groups excluding carboxylic acids is 1. The minimum atomic E-state index is -0.322. The molecule has 0 bridgehead atoms. The van der Waals surface area contributed by atoms with Gasteiger partial charge in [-0.2, -0.15) is 0 Å². The van der Waals surface area contributed by atoms with Crippen LogP contribution in [0.2, 0.25) is 0 Å². The van der Waals surface area contributed by atoms with Crippen LogP contribution in [0.15, 0.2) is 29.6 Å². The molecule has 0 unspecified atom stereocenters. The first-order chi connectivity index (χ1) is 9.70. The number of para-hydroxylation sites is 1. The summed E-state index contributed by atoms with van der Waals surface area (Å²) < 4.78 is 5.67. The topological polar surface area (TPSA) is 60.5 Å². The second-order valence-electron chi connectivity index (χ2n) is 4.01. The molecule has 0 fully saturated rings. The van der Waals surface area contributed by atoms with Crippen LogP contribution in [-0.2, 0) is 11.4 Å². The Morgan fingerprint density at radius 2 is 2.20 bits per heavy atom. The zero-order chi connectivity index (χ0) is 14.4. The van der Waals surface area contributed by atoms with E-state index in [-0.39, 0.29) is 5.91 Å². The third kappa shape index (κ3) is 3.79. The molecule has 1 N–H and O–H groups in total. The van der Waals surface area contributed by atoms with Crippen molar-refractivity contribution in [3.63, 3.8) is 0 Å². The van der Waals surface area contributed by atoms with Crippen molar-refractivity contribution in [1.29, 1.82) is 0 Å². The molecule has 5 nitrogen and oxygen atoms in total. The molecule has 1 amide bonds. The van der Waals surface area contributed by atoms with Gasteiger partial charge in [0.15, 0.2) is 0 Å². The van der Waals surface area contributed by atoms with E-state index in [1.807, 2.05) is 18.4 Å². The quantitative estimate of drug-likeness (QED) is 0.832. The molecule has 106 valence electrons. The minimum absolute atomic E-state index is 0.322. The maximum atomic E-state index is 11.9. The van der Waals surface area contributed by atoms with Gasteiger partial charge in [-0.25, -0.2) is 10.5 Å². The Morgan fingerprint density at radius 1 is 1.40 bits per heavy atom. The summed E-state index contributed by atoms with van der Waals surface area (Å²) in [6.45, 7) is 4.49. The zero-order valence-electron chi connectivity index (χ0n) is 11.4. The van der Waals surface area contributed by atoms with Gasteiger partial charge in [-0.1, -0.05) is 12.1 Å². The normalized spacial score (nSPS) is 10.3. The lowest BCUT2D eigenvalue weighted by Gasteiger charge is -2.10. The van der Waals surface area contributed by atoms with E-state index < -0.39 is 0 Å². The standard InChI is InChI=1S/C14H16N2O3S/c1-3-19-16-14(17)12-6-4-5-7-13(12)18-8-11-9-20-10(2)15-11/h4-7,9H,3,8H2,1-2H3,(H,16,17). The average Bonchev–Trinajstić information content (AvgIpc) is 2.88. The van der Waals surface area contributed by atoms with Crippen LogP contribution in [0.3, 0.4) is 0 Å². The lowest BCUT2D eigenvalue weighted by Crippen LogP contribution is -2.24. The highest BCUT2D eigenvalue weighted by Crippen LogP contribution is 2.19. The number of hydrogen-bond donors (Lipinski definition) is 1. The number of ether oxygens (including phenoxy) is 1. The molecule has 0 atom stereocenters. The number of hydrogen-bond acceptors (Lipinski definition) is 5. The van der Waals surface area contributed by atoms with Gasteiger partial charge in [-0.3, -0.25) is 9.63 Å². The van der Waals surface area contributed by atoms with E-state index in [1.54, 1.807) is 36.5 Å². The predicted octanol–water partition coefficient (Wildman–Crippen LogP) is 2.71. The summed E-state index contributed by atoms with van der Waals surface area (Å²) >= 11 is 1.57. The Labute approximate surface area is 121 Å². The molecule has 6 heteroatoms. The number of aryl methyl sites for hydroxylation is 1. The van der Waals surface area contributed by atoms with E-state index in [0.29, 0.717) is 24.5 Å². The monoisotopic (exact) mass is 292 g/mol. The molecule has 0 aliphatic carbocycles. The van der Waals surface area contributed by atoms with Crippen molar-refractivity contribution < 1.29 is 14.4 Å². The van der Waals surface area contributed by atoms with Gasteiger partial charge in [-0.05, 0) is 26.0 Å². The average molecular weight is 292 g/mol. The summed E-state index contributed by atoms with van der Waals surface area (Å²) in [5.74, 6) is 0.187. The molecule has 1 aromatic heterocycles. The van der Waals surface area contributed by atoms with Crippen molar-refractivity contribution in [1.82, 2.24) is 10.5 Å². The second-order valence-corrected chi connectivity index (χ2v) is 5.07. The summed E-state index contributed by atoms with van der Waals surface area (Å²) in [4.78, 5) is 21.1. The van der Waals surface area contributed by atoms with Crippen LogP contribution in [0, 0.1) is 6.92 Å². The smallest absolute Gasteiger partial charge is 0.278 e. The van der Waals surface area contributed by atoms with Crippen LogP contribution < -0.4 is 10.2 Å². The lowest BCUT2D eigenvalue weighted by atomic mass is 10.2. The van der Waals surface area contributed by atoms with Crippen LogP contribution >= 0.6 is 11.3 Å².